The van der Waals surface area contributed by atoms with Gasteiger partial charge in [-0.2, -0.15) is 4.31 Å². The van der Waals surface area contributed by atoms with Crippen molar-refractivity contribution in [2.45, 2.75) is 29.1 Å². The minimum absolute atomic E-state index is 0.0904. The summed E-state index contributed by atoms with van der Waals surface area (Å²) in [7, 11) is -3.47. The number of benzene rings is 1. The molecular weight excluding hydrogens is 274 g/mol. The van der Waals surface area contributed by atoms with Gasteiger partial charge in [0, 0.05) is 18.0 Å². The van der Waals surface area contributed by atoms with Gasteiger partial charge in [0.05, 0.1) is 4.90 Å². The highest BCUT2D eigenvalue weighted by Crippen LogP contribution is 2.21. The second-order valence-electron chi connectivity index (χ2n) is 4.17. The Morgan fingerprint density at radius 1 is 1.06 bits per heavy atom. The zero-order valence-electron chi connectivity index (χ0n) is 9.74. The molecular formula is C11H14NO4S2-. The summed E-state index contributed by atoms with van der Waals surface area (Å²) < 4.78 is 47.3. The topological polar surface area (TPSA) is 77.5 Å². The lowest BCUT2D eigenvalue weighted by atomic mass is 10.2. The van der Waals surface area contributed by atoms with Crippen molar-refractivity contribution < 1.29 is 17.2 Å². The van der Waals surface area contributed by atoms with Crippen LogP contribution in [0.4, 0.5) is 0 Å². The Labute approximate surface area is 109 Å². The highest BCUT2D eigenvalue weighted by atomic mass is 32.2. The molecule has 0 spiro atoms. The van der Waals surface area contributed by atoms with E-state index in [9.17, 15) is 17.2 Å². The Bertz CT molecular complexity index is 533. The first-order valence-corrected chi connectivity index (χ1v) is 8.23. The fourth-order valence-corrected chi connectivity index (χ4v) is 3.85. The largest absolute Gasteiger partial charge is 0.768 e. The van der Waals surface area contributed by atoms with Crippen LogP contribution in [0.2, 0.25) is 0 Å². The Kier molecular flexibility index (Phi) is 4.16. The fraction of sp³-hybridized carbons (Fsp3) is 0.455. The van der Waals surface area contributed by atoms with Crippen LogP contribution in [0.25, 0.3) is 0 Å². The molecule has 0 aliphatic carbocycles. The van der Waals surface area contributed by atoms with E-state index in [4.69, 9.17) is 0 Å². The summed E-state index contributed by atoms with van der Waals surface area (Å²) in [4.78, 5) is 0.242. The summed E-state index contributed by atoms with van der Waals surface area (Å²) in [6, 6.07) is 5.30. The molecule has 1 fully saturated rings. The zero-order chi connectivity index (χ0) is 13.2. The average Bonchev–Trinajstić information content (AvgIpc) is 2.40. The molecule has 0 amide bonds. The van der Waals surface area contributed by atoms with Crippen LogP contribution in [0.3, 0.4) is 0 Å². The maximum atomic E-state index is 12.2. The van der Waals surface area contributed by atoms with Gasteiger partial charge in [0.1, 0.15) is 0 Å². The predicted octanol–water partition coefficient (Wildman–Crippen LogP) is 1.10. The van der Waals surface area contributed by atoms with Gasteiger partial charge in [0.2, 0.25) is 10.0 Å². The first-order chi connectivity index (χ1) is 8.51. The van der Waals surface area contributed by atoms with Crippen molar-refractivity contribution in [3.05, 3.63) is 24.3 Å². The molecule has 1 atom stereocenters. The van der Waals surface area contributed by atoms with Gasteiger partial charge in [-0.05, 0) is 48.2 Å². The van der Waals surface area contributed by atoms with Crippen LogP contribution in [0.1, 0.15) is 19.3 Å². The Morgan fingerprint density at radius 3 is 2.11 bits per heavy atom. The van der Waals surface area contributed by atoms with Crippen molar-refractivity contribution >= 4 is 21.1 Å². The summed E-state index contributed by atoms with van der Waals surface area (Å²) in [5, 5.41) is 0. The molecule has 100 valence electrons. The number of hydrogen-bond acceptors (Lipinski definition) is 4. The summed E-state index contributed by atoms with van der Waals surface area (Å²) in [5.41, 5.74) is 0. The third-order valence-corrected chi connectivity index (χ3v) is 5.54. The van der Waals surface area contributed by atoms with E-state index in [0.29, 0.717) is 13.1 Å². The smallest absolute Gasteiger partial charge is 0.243 e. The summed E-state index contributed by atoms with van der Waals surface area (Å²) in [6.07, 6.45) is 2.81. The number of hydrogen-bond donors (Lipinski definition) is 0. The molecule has 0 radical (unpaired) electrons. The van der Waals surface area contributed by atoms with E-state index in [2.05, 4.69) is 0 Å². The number of sulfonamides is 1. The molecule has 1 unspecified atom stereocenters. The number of nitrogens with zero attached hydrogens (tertiary/aromatic N) is 1. The van der Waals surface area contributed by atoms with Crippen molar-refractivity contribution in [2.75, 3.05) is 13.1 Å². The van der Waals surface area contributed by atoms with Crippen LogP contribution < -0.4 is 0 Å². The van der Waals surface area contributed by atoms with Gasteiger partial charge < -0.3 is 4.55 Å². The Morgan fingerprint density at radius 2 is 1.61 bits per heavy atom. The second-order valence-corrected chi connectivity index (χ2v) is 7.05. The third kappa shape index (κ3) is 2.80. The molecule has 1 aromatic rings. The lowest BCUT2D eigenvalue weighted by Gasteiger charge is -2.25. The van der Waals surface area contributed by atoms with E-state index in [-0.39, 0.29) is 9.79 Å². The molecule has 7 heteroatoms. The Hall–Kier alpha value is -0.760. The van der Waals surface area contributed by atoms with Gasteiger partial charge >= 0.3 is 0 Å². The SMILES string of the molecule is O=S([O-])c1ccc(S(=O)(=O)N2CCCCC2)cc1. The average molecular weight is 288 g/mol. The predicted molar refractivity (Wildman–Crippen MR) is 66.2 cm³/mol. The molecule has 0 N–H and O–H groups in total. The maximum absolute atomic E-state index is 12.2. The van der Waals surface area contributed by atoms with Gasteiger partial charge in [-0.3, -0.25) is 4.21 Å². The molecule has 1 aromatic carbocycles. The lowest BCUT2D eigenvalue weighted by Crippen LogP contribution is -2.35. The third-order valence-electron chi connectivity index (χ3n) is 2.97. The minimum Gasteiger partial charge on any atom is -0.768 e. The minimum atomic E-state index is -3.47. The summed E-state index contributed by atoms with van der Waals surface area (Å²) in [5.74, 6) is 0. The van der Waals surface area contributed by atoms with Crippen molar-refractivity contribution in [1.29, 1.82) is 0 Å². The van der Waals surface area contributed by atoms with Crippen LogP contribution in [0.15, 0.2) is 34.1 Å². The van der Waals surface area contributed by atoms with Gasteiger partial charge in [-0.15, -0.1) is 0 Å². The van der Waals surface area contributed by atoms with Gasteiger partial charge in [-0.1, -0.05) is 6.42 Å². The maximum Gasteiger partial charge on any atom is 0.243 e. The zero-order valence-corrected chi connectivity index (χ0v) is 11.4. The highest BCUT2D eigenvalue weighted by Gasteiger charge is 2.25. The van der Waals surface area contributed by atoms with E-state index in [0.717, 1.165) is 19.3 Å². The first kappa shape index (κ1) is 13.7. The summed E-state index contributed by atoms with van der Waals surface area (Å²) >= 11 is -2.33. The van der Waals surface area contributed by atoms with Crippen LogP contribution >= 0.6 is 0 Å². The standard InChI is InChI=1S/C11H15NO4S2/c13-17(14)10-4-6-11(7-5-10)18(15,16)12-8-2-1-3-9-12/h4-7H,1-3,8-9H2,(H,13,14)/p-1. The Balaban J connectivity index is 2.26. The molecule has 1 saturated heterocycles. The second kappa shape index (κ2) is 5.48. The molecule has 2 rings (SSSR count). The lowest BCUT2D eigenvalue weighted by molar-refractivity contribution is 0.346. The number of piperidine rings is 1. The molecule has 1 heterocycles. The first-order valence-electron chi connectivity index (χ1n) is 5.71. The monoisotopic (exact) mass is 288 g/mol. The van der Waals surface area contributed by atoms with Crippen LogP contribution in [-0.4, -0.2) is 34.6 Å². The van der Waals surface area contributed by atoms with E-state index in [1.54, 1.807) is 0 Å². The molecule has 0 bridgehead atoms. The van der Waals surface area contributed by atoms with Crippen LogP contribution in [0.5, 0.6) is 0 Å². The molecule has 18 heavy (non-hydrogen) atoms. The van der Waals surface area contributed by atoms with E-state index < -0.39 is 21.1 Å². The molecule has 5 nitrogen and oxygen atoms in total. The highest BCUT2D eigenvalue weighted by molar-refractivity contribution is 7.89. The van der Waals surface area contributed by atoms with E-state index in [1.165, 1.54) is 28.6 Å². The summed E-state index contributed by atoms with van der Waals surface area (Å²) in [6.45, 7) is 1.08. The van der Waals surface area contributed by atoms with Crippen molar-refractivity contribution in [2.24, 2.45) is 0 Å². The van der Waals surface area contributed by atoms with Gasteiger partial charge in [-0.25, -0.2) is 8.42 Å². The van der Waals surface area contributed by atoms with E-state index >= 15 is 0 Å². The molecule has 0 saturated carbocycles. The van der Waals surface area contributed by atoms with Crippen LogP contribution in [0, 0.1) is 0 Å². The van der Waals surface area contributed by atoms with Crippen LogP contribution in [-0.2, 0) is 21.1 Å². The van der Waals surface area contributed by atoms with Gasteiger partial charge in [0.25, 0.3) is 0 Å². The molecule has 0 aromatic heterocycles. The van der Waals surface area contributed by atoms with E-state index in [1.807, 2.05) is 0 Å². The molecule has 1 aliphatic rings. The normalized spacial score (nSPS) is 19.6. The fourth-order valence-electron chi connectivity index (χ4n) is 1.98. The van der Waals surface area contributed by atoms with Crippen molar-refractivity contribution in [3.63, 3.8) is 0 Å². The number of rotatable bonds is 3. The van der Waals surface area contributed by atoms with Gasteiger partial charge in [0.15, 0.2) is 0 Å². The van der Waals surface area contributed by atoms with Crippen molar-refractivity contribution in [1.82, 2.24) is 4.31 Å². The van der Waals surface area contributed by atoms with Crippen molar-refractivity contribution in [3.8, 4) is 0 Å². The molecule has 1 aliphatic heterocycles. The quantitative estimate of drug-likeness (QED) is 0.780.